The summed E-state index contributed by atoms with van der Waals surface area (Å²) in [7, 11) is 0. The summed E-state index contributed by atoms with van der Waals surface area (Å²) in [5.41, 5.74) is -0.338. The Hall–Kier alpha value is -1.30. The molecule has 0 fully saturated rings. The van der Waals surface area contributed by atoms with Crippen LogP contribution in [0.2, 0.25) is 0 Å². The standard InChI is InChI=1S/C9H12N2O3S/c1-2-4-11-5-3-7(12)10-9(11)15-6-8(13)14/h3,5H,2,4,6H2,1H3,(H,13,14). The van der Waals surface area contributed by atoms with Gasteiger partial charge in [-0.2, -0.15) is 4.98 Å². The van der Waals surface area contributed by atoms with Crippen molar-refractivity contribution >= 4 is 17.7 Å². The van der Waals surface area contributed by atoms with Crippen LogP contribution >= 0.6 is 11.8 Å². The van der Waals surface area contributed by atoms with Crippen molar-refractivity contribution in [2.45, 2.75) is 25.0 Å². The summed E-state index contributed by atoms with van der Waals surface area (Å²) in [5, 5.41) is 8.99. The zero-order valence-corrected chi connectivity index (χ0v) is 9.16. The Morgan fingerprint density at radius 1 is 1.67 bits per heavy atom. The third kappa shape index (κ3) is 3.75. The van der Waals surface area contributed by atoms with Crippen molar-refractivity contribution in [2.75, 3.05) is 5.75 Å². The average molecular weight is 228 g/mol. The summed E-state index contributed by atoms with van der Waals surface area (Å²) in [6.45, 7) is 2.74. The molecule has 15 heavy (non-hydrogen) atoms. The Morgan fingerprint density at radius 3 is 3.00 bits per heavy atom. The first-order valence-electron chi connectivity index (χ1n) is 4.55. The van der Waals surface area contributed by atoms with Crippen molar-refractivity contribution in [3.05, 3.63) is 22.6 Å². The van der Waals surface area contributed by atoms with Crippen molar-refractivity contribution in [1.82, 2.24) is 9.55 Å². The highest BCUT2D eigenvalue weighted by Crippen LogP contribution is 2.13. The molecule has 1 N–H and O–H groups in total. The number of aromatic nitrogens is 2. The van der Waals surface area contributed by atoms with Crippen LogP contribution in [0.15, 0.2) is 22.2 Å². The van der Waals surface area contributed by atoms with Gasteiger partial charge in [0.25, 0.3) is 5.56 Å². The molecular weight excluding hydrogens is 216 g/mol. The second-order valence-corrected chi connectivity index (χ2v) is 3.87. The lowest BCUT2D eigenvalue weighted by Gasteiger charge is -2.08. The molecule has 1 heterocycles. The topological polar surface area (TPSA) is 72.2 Å². The first-order chi connectivity index (χ1) is 7.13. The van der Waals surface area contributed by atoms with Crippen LogP contribution in [0.3, 0.4) is 0 Å². The molecule has 0 radical (unpaired) electrons. The monoisotopic (exact) mass is 228 g/mol. The highest BCUT2D eigenvalue weighted by atomic mass is 32.2. The van der Waals surface area contributed by atoms with Gasteiger partial charge in [-0.1, -0.05) is 18.7 Å². The number of carbonyl (C=O) groups is 1. The van der Waals surface area contributed by atoms with Gasteiger partial charge >= 0.3 is 5.97 Å². The van der Waals surface area contributed by atoms with Crippen molar-refractivity contribution in [1.29, 1.82) is 0 Å². The van der Waals surface area contributed by atoms with Crippen LogP contribution in [0.5, 0.6) is 0 Å². The van der Waals surface area contributed by atoms with E-state index in [-0.39, 0.29) is 11.3 Å². The third-order valence-electron chi connectivity index (χ3n) is 1.64. The second kappa shape index (κ2) is 5.55. The zero-order chi connectivity index (χ0) is 11.3. The number of thioether (sulfide) groups is 1. The molecule has 0 saturated heterocycles. The summed E-state index contributed by atoms with van der Waals surface area (Å²) in [4.78, 5) is 25.2. The van der Waals surface area contributed by atoms with Gasteiger partial charge < -0.3 is 9.67 Å². The van der Waals surface area contributed by atoms with Gasteiger partial charge in [0.15, 0.2) is 5.16 Å². The Labute approximate surface area is 91.1 Å². The maximum Gasteiger partial charge on any atom is 0.313 e. The Morgan fingerprint density at radius 2 is 2.40 bits per heavy atom. The fourth-order valence-electron chi connectivity index (χ4n) is 1.07. The van der Waals surface area contributed by atoms with Crippen LogP contribution in [0, 0.1) is 0 Å². The Balaban J connectivity index is 2.86. The van der Waals surface area contributed by atoms with E-state index in [1.54, 1.807) is 10.8 Å². The quantitative estimate of drug-likeness (QED) is 0.597. The maximum atomic E-state index is 11.0. The Kier molecular flexibility index (Phi) is 4.36. The second-order valence-electron chi connectivity index (χ2n) is 2.92. The van der Waals surface area contributed by atoms with E-state index in [9.17, 15) is 9.59 Å². The van der Waals surface area contributed by atoms with E-state index >= 15 is 0 Å². The van der Waals surface area contributed by atoms with Gasteiger partial charge in [0.05, 0.1) is 5.75 Å². The van der Waals surface area contributed by atoms with Gasteiger partial charge in [0.2, 0.25) is 0 Å². The van der Waals surface area contributed by atoms with E-state index in [1.165, 1.54) is 6.07 Å². The number of aryl methyl sites for hydroxylation is 1. The molecule has 0 amide bonds. The molecule has 0 atom stereocenters. The largest absolute Gasteiger partial charge is 0.481 e. The number of rotatable bonds is 5. The molecule has 0 bridgehead atoms. The summed E-state index contributed by atoms with van der Waals surface area (Å²) < 4.78 is 1.79. The highest BCUT2D eigenvalue weighted by molar-refractivity contribution is 7.99. The van der Waals surface area contributed by atoms with Crippen LogP contribution in [0.25, 0.3) is 0 Å². The van der Waals surface area contributed by atoms with Gasteiger partial charge in [0.1, 0.15) is 0 Å². The SMILES string of the molecule is CCCn1ccc(=O)nc1SCC(=O)O. The van der Waals surface area contributed by atoms with Crippen molar-refractivity contribution in [2.24, 2.45) is 0 Å². The molecule has 82 valence electrons. The van der Waals surface area contributed by atoms with Crippen LogP contribution in [-0.4, -0.2) is 26.4 Å². The van der Waals surface area contributed by atoms with E-state index in [0.29, 0.717) is 5.16 Å². The molecular formula is C9H12N2O3S. The molecule has 0 aromatic carbocycles. The maximum absolute atomic E-state index is 11.0. The van der Waals surface area contributed by atoms with E-state index < -0.39 is 5.97 Å². The number of carboxylic acid groups (broad SMARTS) is 1. The summed E-state index contributed by atoms with van der Waals surface area (Å²) in [6, 6.07) is 1.38. The van der Waals surface area contributed by atoms with Crippen LogP contribution in [0.1, 0.15) is 13.3 Å². The van der Waals surface area contributed by atoms with Gasteiger partial charge in [0, 0.05) is 18.8 Å². The van der Waals surface area contributed by atoms with Gasteiger partial charge in [-0.05, 0) is 6.42 Å². The fourth-order valence-corrected chi connectivity index (χ4v) is 1.79. The zero-order valence-electron chi connectivity index (χ0n) is 8.34. The highest BCUT2D eigenvalue weighted by Gasteiger charge is 2.05. The van der Waals surface area contributed by atoms with Crippen molar-refractivity contribution < 1.29 is 9.90 Å². The molecule has 0 unspecified atom stereocenters. The first-order valence-corrected chi connectivity index (χ1v) is 5.54. The molecule has 0 spiro atoms. The number of hydrogen-bond donors (Lipinski definition) is 1. The first kappa shape index (κ1) is 11.8. The van der Waals surface area contributed by atoms with Gasteiger partial charge in [-0.3, -0.25) is 9.59 Å². The lowest BCUT2D eigenvalue weighted by molar-refractivity contribution is -0.133. The molecule has 1 aromatic rings. The number of carboxylic acids is 1. The molecule has 0 aliphatic carbocycles. The predicted molar refractivity (Wildman–Crippen MR) is 57.1 cm³/mol. The number of nitrogens with zero attached hydrogens (tertiary/aromatic N) is 2. The van der Waals surface area contributed by atoms with E-state index in [4.69, 9.17) is 5.11 Å². The van der Waals surface area contributed by atoms with Crippen LogP contribution < -0.4 is 5.56 Å². The Bertz CT molecular complexity index is 403. The molecule has 0 aliphatic heterocycles. The van der Waals surface area contributed by atoms with Crippen molar-refractivity contribution in [3.8, 4) is 0 Å². The lowest BCUT2D eigenvalue weighted by atomic mass is 10.5. The van der Waals surface area contributed by atoms with Gasteiger partial charge in [-0.15, -0.1) is 0 Å². The third-order valence-corrected chi connectivity index (χ3v) is 2.61. The average Bonchev–Trinajstić information content (AvgIpc) is 2.18. The fraction of sp³-hybridized carbons (Fsp3) is 0.444. The molecule has 0 saturated carbocycles. The number of hydrogen-bond acceptors (Lipinski definition) is 4. The summed E-state index contributed by atoms with van der Waals surface area (Å²) in [6.07, 6.45) is 2.55. The molecule has 5 nitrogen and oxygen atoms in total. The number of aliphatic carboxylic acids is 1. The van der Waals surface area contributed by atoms with Gasteiger partial charge in [-0.25, -0.2) is 0 Å². The summed E-state index contributed by atoms with van der Waals surface area (Å²) in [5.74, 6) is -0.999. The molecule has 0 aliphatic rings. The minimum atomic E-state index is -0.916. The predicted octanol–water partition coefficient (Wildman–Crippen LogP) is 0.830. The smallest absolute Gasteiger partial charge is 0.313 e. The van der Waals surface area contributed by atoms with E-state index in [2.05, 4.69) is 4.98 Å². The van der Waals surface area contributed by atoms with Crippen LogP contribution in [-0.2, 0) is 11.3 Å². The molecule has 1 aromatic heterocycles. The van der Waals surface area contributed by atoms with E-state index in [0.717, 1.165) is 24.7 Å². The summed E-state index contributed by atoms with van der Waals surface area (Å²) >= 11 is 1.06. The van der Waals surface area contributed by atoms with Crippen molar-refractivity contribution in [3.63, 3.8) is 0 Å². The lowest BCUT2D eigenvalue weighted by Crippen LogP contribution is -2.14. The minimum Gasteiger partial charge on any atom is -0.481 e. The molecule has 6 heteroatoms. The normalized spacial score (nSPS) is 10.2. The minimum absolute atomic E-state index is 0.0832. The molecule has 1 rings (SSSR count). The van der Waals surface area contributed by atoms with Crippen LogP contribution in [0.4, 0.5) is 0 Å². The van der Waals surface area contributed by atoms with E-state index in [1.807, 2.05) is 6.92 Å².